The number of hydrogen-bond donors (Lipinski definition) is 2. The smallest absolute Gasteiger partial charge is 0.381 e. The van der Waals surface area contributed by atoms with Gasteiger partial charge in [0.25, 0.3) is 11.1 Å². The van der Waals surface area contributed by atoms with Crippen molar-refractivity contribution in [3.63, 3.8) is 0 Å². The van der Waals surface area contributed by atoms with Gasteiger partial charge in [0, 0.05) is 31.1 Å². The van der Waals surface area contributed by atoms with Crippen LogP contribution in [-0.4, -0.2) is 36.9 Å². The number of fused-ring (bicyclic) bond motifs is 1. The Labute approximate surface area is 217 Å². The summed E-state index contributed by atoms with van der Waals surface area (Å²) >= 11 is 0. The molecule has 2 atom stereocenters. The molecule has 1 saturated carbocycles. The van der Waals surface area contributed by atoms with Crippen LogP contribution >= 0.6 is 0 Å². The Bertz CT molecular complexity index is 1630. The molecule has 4 aromatic rings. The van der Waals surface area contributed by atoms with Gasteiger partial charge in [0.1, 0.15) is 17.6 Å². The summed E-state index contributed by atoms with van der Waals surface area (Å²) in [7, 11) is 0. The lowest BCUT2D eigenvalue weighted by Gasteiger charge is -2.20. The van der Waals surface area contributed by atoms with Gasteiger partial charge in [0.15, 0.2) is 5.82 Å². The number of nitrogens with one attached hydrogen (secondary N) is 2. The zero-order valence-corrected chi connectivity index (χ0v) is 20.6. The van der Waals surface area contributed by atoms with E-state index >= 15 is 0 Å². The van der Waals surface area contributed by atoms with E-state index < -0.39 is 53.1 Å². The summed E-state index contributed by atoms with van der Waals surface area (Å²) in [6.45, 7) is 1.03. The van der Waals surface area contributed by atoms with Crippen LogP contribution in [0.5, 0.6) is 0 Å². The second-order valence-electron chi connectivity index (χ2n) is 9.67. The molecule has 2 N–H and O–H groups in total. The molecule has 0 bridgehead atoms. The lowest BCUT2D eigenvalue weighted by Crippen LogP contribution is -2.30. The third-order valence-electron chi connectivity index (χ3n) is 6.57. The molecule has 0 amide bonds. The highest BCUT2D eigenvalue weighted by molar-refractivity contribution is 5.86. The van der Waals surface area contributed by atoms with Crippen LogP contribution in [-0.2, 0) is 12.7 Å². The Morgan fingerprint density at radius 2 is 1.87 bits per heavy atom. The number of rotatable bonds is 8. The maximum atomic E-state index is 15.0. The van der Waals surface area contributed by atoms with E-state index in [1.165, 1.54) is 19.2 Å². The van der Waals surface area contributed by atoms with E-state index in [9.17, 15) is 31.5 Å². The first kappa shape index (κ1) is 26.4. The third-order valence-corrected chi connectivity index (χ3v) is 6.57. The molecule has 1 fully saturated rings. The van der Waals surface area contributed by atoms with Crippen molar-refractivity contribution in [2.24, 2.45) is 0 Å². The molecule has 0 aliphatic heterocycles. The molecular weight excluding hydrogens is 523 g/mol. The molecule has 1 aromatic carbocycles. The number of aromatic amines is 1. The SMILES string of the molecule is C[C@H](C[C@@H](F)Cn1ccc2cc(-c3ncc(C4CC4)cn3)c(F)cc2c1=O)Nc1cn[nH]c(=O)c1C(F)(F)F. The summed E-state index contributed by atoms with van der Waals surface area (Å²) in [6, 6.07) is 3.24. The number of pyridine rings is 1. The number of nitrogens with zero attached hydrogens (tertiary/aromatic N) is 4. The van der Waals surface area contributed by atoms with E-state index in [0.717, 1.165) is 35.2 Å². The van der Waals surface area contributed by atoms with Crippen molar-refractivity contribution in [3.05, 3.63) is 80.6 Å². The minimum atomic E-state index is -4.94. The molecule has 1 aliphatic carbocycles. The number of anilines is 1. The molecule has 39 heavy (non-hydrogen) atoms. The monoisotopic (exact) mass is 546 g/mol. The third kappa shape index (κ3) is 5.66. The van der Waals surface area contributed by atoms with Gasteiger partial charge in [-0.25, -0.2) is 23.8 Å². The minimum absolute atomic E-state index is 0.0381. The van der Waals surface area contributed by atoms with Gasteiger partial charge >= 0.3 is 6.18 Å². The Balaban J connectivity index is 1.31. The van der Waals surface area contributed by atoms with Crippen molar-refractivity contribution in [3.8, 4) is 11.4 Å². The maximum Gasteiger partial charge on any atom is 0.423 e. The van der Waals surface area contributed by atoms with E-state index in [4.69, 9.17) is 0 Å². The molecule has 0 saturated heterocycles. The topological polar surface area (TPSA) is 106 Å². The first-order valence-electron chi connectivity index (χ1n) is 12.2. The standard InChI is InChI=1S/C26H23F5N6O2/c1-13(35-21-11-34-36-24(38)22(21)26(29,30)31)6-17(27)12-37-5-4-15-7-19(20(28)8-18(15)25(37)39)23-32-9-16(10-33-23)14-2-3-14/h4-5,7-11,13-14,17H,2-3,6,12H2,1H3,(H2,35,36,38)/t13-,17-/m1/s1. The van der Waals surface area contributed by atoms with Crippen molar-refractivity contribution in [1.29, 1.82) is 0 Å². The summed E-state index contributed by atoms with van der Waals surface area (Å²) in [6.07, 6.45) is 0.828. The van der Waals surface area contributed by atoms with E-state index in [-0.39, 0.29) is 23.2 Å². The molecule has 8 nitrogen and oxygen atoms in total. The van der Waals surface area contributed by atoms with Crippen molar-refractivity contribution in [2.75, 3.05) is 5.32 Å². The normalized spacial score (nSPS) is 15.3. The molecule has 0 radical (unpaired) electrons. The molecule has 3 heterocycles. The molecule has 5 rings (SSSR count). The Kier molecular flexibility index (Phi) is 6.91. The van der Waals surface area contributed by atoms with Crippen LogP contribution in [0.1, 0.15) is 43.2 Å². The summed E-state index contributed by atoms with van der Waals surface area (Å²) in [4.78, 5) is 33.1. The predicted molar refractivity (Wildman–Crippen MR) is 134 cm³/mol. The average Bonchev–Trinajstić information content (AvgIpc) is 3.71. The van der Waals surface area contributed by atoms with Gasteiger partial charge in [-0.3, -0.25) is 9.59 Å². The summed E-state index contributed by atoms with van der Waals surface area (Å²) in [5.74, 6) is -0.0511. The lowest BCUT2D eigenvalue weighted by atomic mass is 10.1. The quantitative estimate of drug-likeness (QED) is 0.308. The van der Waals surface area contributed by atoms with E-state index in [1.807, 2.05) is 0 Å². The fourth-order valence-corrected chi connectivity index (χ4v) is 4.51. The van der Waals surface area contributed by atoms with Gasteiger partial charge in [0.2, 0.25) is 0 Å². The summed E-state index contributed by atoms with van der Waals surface area (Å²) in [5.41, 5.74) is -2.94. The number of halogens is 5. The first-order valence-corrected chi connectivity index (χ1v) is 12.2. The van der Waals surface area contributed by atoms with Gasteiger partial charge in [-0.2, -0.15) is 18.3 Å². The largest absolute Gasteiger partial charge is 0.423 e. The van der Waals surface area contributed by atoms with Gasteiger partial charge in [-0.1, -0.05) is 0 Å². The van der Waals surface area contributed by atoms with Crippen LogP contribution in [0, 0.1) is 5.82 Å². The van der Waals surface area contributed by atoms with Crippen LogP contribution in [0.3, 0.4) is 0 Å². The summed E-state index contributed by atoms with van der Waals surface area (Å²) < 4.78 is 70.7. The van der Waals surface area contributed by atoms with Crippen LogP contribution in [0.2, 0.25) is 0 Å². The molecule has 0 unspecified atom stereocenters. The number of H-pyrrole nitrogens is 1. The highest BCUT2D eigenvalue weighted by Gasteiger charge is 2.37. The average molecular weight is 547 g/mol. The van der Waals surface area contributed by atoms with Crippen LogP contribution in [0.15, 0.2) is 52.6 Å². The molecule has 1 aliphatic rings. The van der Waals surface area contributed by atoms with E-state index in [1.54, 1.807) is 23.6 Å². The zero-order chi connectivity index (χ0) is 27.9. The second kappa shape index (κ2) is 10.2. The number of alkyl halides is 4. The molecular formula is C26H23F5N6O2. The van der Waals surface area contributed by atoms with Crippen molar-refractivity contribution >= 4 is 16.5 Å². The van der Waals surface area contributed by atoms with Gasteiger partial charge < -0.3 is 9.88 Å². The number of aromatic nitrogens is 5. The molecule has 13 heteroatoms. The fraction of sp³-hybridized carbons (Fsp3) is 0.346. The van der Waals surface area contributed by atoms with Crippen LogP contribution in [0.4, 0.5) is 27.6 Å². The van der Waals surface area contributed by atoms with Crippen molar-refractivity contribution in [2.45, 2.75) is 57.0 Å². The maximum absolute atomic E-state index is 15.0. The highest BCUT2D eigenvalue weighted by atomic mass is 19.4. The number of benzene rings is 1. The van der Waals surface area contributed by atoms with E-state index in [2.05, 4.69) is 20.4 Å². The van der Waals surface area contributed by atoms with Crippen LogP contribution in [0.25, 0.3) is 22.2 Å². The first-order chi connectivity index (χ1) is 18.5. The lowest BCUT2D eigenvalue weighted by molar-refractivity contribution is -0.138. The van der Waals surface area contributed by atoms with Crippen molar-refractivity contribution < 1.29 is 22.0 Å². The predicted octanol–water partition coefficient (Wildman–Crippen LogP) is 4.81. The minimum Gasteiger partial charge on any atom is -0.381 e. The van der Waals surface area contributed by atoms with Gasteiger partial charge in [-0.05, 0) is 54.8 Å². The highest BCUT2D eigenvalue weighted by Crippen LogP contribution is 2.39. The fourth-order valence-electron chi connectivity index (χ4n) is 4.51. The molecule has 204 valence electrons. The van der Waals surface area contributed by atoms with Crippen molar-refractivity contribution in [1.82, 2.24) is 24.7 Å². The zero-order valence-electron chi connectivity index (χ0n) is 20.6. The molecule has 3 aromatic heterocycles. The number of hydrogen-bond acceptors (Lipinski definition) is 6. The van der Waals surface area contributed by atoms with E-state index in [0.29, 0.717) is 11.3 Å². The summed E-state index contributed by atoms with van der Waals surface area (Å²) in [5, 5.41) is 8.03. The molecule has 0 spiro atoms. The van der Waals surface area contributed by atoms with Gasteiger partial charge in [-0.15, -0.1) is 0 Å². The van der Waals surface area contributed by atoms with Gasteiger partial charge in [0.05, 0.1) is 29.4 Å². The Hall–Kier alpha value is -4.16. The Morgan fingerprint density at radius 3 is 2.54 bits per heavy atom. The van der Waals surface area contributed by atoms with Crippen LogP contribution < -0.4 is 16.4 Å². The second-order valence-corrected chi connectivity index (χ2v) is 9.67. The Morgan fingerprint density at radius 1 is 1.15 bits per heavy atom.